The van der Waals surface area contributed by atoms with Gasteiger partial charge in [0.05, 0.1) is 30.2 Å². The maximum absolute atomic E-state index is 13.7. The summed E-state index contributed by atoms with van der Waals surface area (Å²) in [5.74, 6) is 1.25. The standard InChI is InChI=1S/C27H24N2O5/c1-4-32-20-13-12-17(15-21(20)33-5-2)23-22-24(30)18-10-6-7-11-19(18)34-25(22)27(31)29(23)26-16(3)9-8-14-28-26/h6-15,23H,4-5H2,1-3H3. The summed E-state index contributed by atoms with van der Waals surface area (Å²) < 4.78 is 17.5. The van der Waals surface area contributed by atoms with E-state index in [1.165, 1.54) is 4.90 Å². The van der Waals surface area contributed by atoms with E-state index in [-0.39, 0.29) is 11.2 Å². The maximum Gasteiger partial charge on any atom is 0.296 e. The fourth-order valence-electron chi connectivity index (χ4n) is 4.42. The first-order chi connectivity index (χ1) is 16.5. The van der Waals surface area contributed by atoms with Gasteiger partial charge in [0.2, 0.25) is 5.76 Å². The third-order valence-corrected chi connectivity index (χ3v) is 5.87. The van der Waals surface area contributed by atoms with Gasteiger partial charge in [-0.3, -0.25) is 14.5 Å². The summed E-state index contributed by atoms with van der Waals surface area (Å²) in [5.41, 5.74) is 1.94. The number of fused-ring (bicyclic) bond motifs is 2. The molecule has 1 amide bonds. The van der Waals surface area contributed by atoms with Crippen LogP contribution in [-0.4, -0.2) is 24.1 Å². The number of anilines is 1. The fourth-order valence-corrected chi connectivity index (χ4v) is 4.42. The summed E-state index contributed by atoms with van der Waals surface area (Å²) in [6.07, 6.45) is 1.63. The zero-order valence-electron chi connectivity index (χ0n) is 19.2. The molecule has 7 heteroatoms. The highest BCUT2D eigenvalue weighted by molar-refractivity contribution is 6.10. The van der Waals surface area contributed by atoms with E-state index in [9.17, 15) is 9.59 Å². The van der Waals surface area contributed by atoms with E-state index in [0.29, 0.717) is 52.6 Å². The molecule has 0 bridgehead atoms. The SMILES string of the molecule is CCOc1ccc(C2c3c(oc4ccccc4c3=O)C(=O)N2c2ncccc2C)cc1OCC. The Kier molecular flexibility index (Phi) is 5.53. The minimum Gasteiger partial charge on any atom is -0.490 e. The van der Waals surface area contributed by atoms with E-state index in [2.05, 4.69) is 4.98 Å². The number of carbonyl (C=O) groups excluding carboxylic acids is 1. The van der Waals surface area contributed by atoms with Crippen LogP contribution < -0.4 is 19.8 Å². The van der Waals surface area contributed by atoms with Gasteiger partial charge in [-0.25, -0.2) is 4.98 Å². The molecule has 2 aromatic carbocycles. The highest BCUT2D eigenvalue weighted by Crippen LogP contribution is 2.43. The lowest BCUT2D eigenvalue weighted by atomic mass is 9.98. The second-order valence-corrected chi connectivity index (χ2v) is 7.96. The molecule has 0 saturated heterocycles. The van der Waals surface area contributed by atoms with E-state index in [1.807, 2.05) is 45.0 Å². The van der Waals surface area contributed by atoms with Crippen LogP contribution in [0, 0.1) is 6.92 Å². The van der Waals surface area contributed by atoms with E-state index >= 15 is 0 Å². The predicted molar refractivity (Wildman–Crippen MR) is 129 cm³/mol. The van der Waals surface area contributed by atoms with Gasteiger partial charge in [0.15, 0.2) is 16.9 Å². The summed E-state index contributed by atoms with van der Waals surface area (Å²) in [6, 6.07) is 15.4. The third-order valence-electron chi connectivity index (χ3n) is 5.87. The van der Waals surface area contributed by atoms with Crippen LogP contribution in [-0.2, 0) is 0 Å². The minimum atomic E-state index is -0.730. The number of benzene rings is 2. The van der Waals surface area contributed by atoms with Crippen molar-refractivity contribution in [3.63, 3.8) is 0 Å². The van der Waals surface area contributed by atoms with Crippen LogP contribution in [0.5, 0.6) is 11.5 Å². The van der Waals surface area contributed by atoms with Crippen LogP contribution in [0.1, 0.15) is 47.1 Å². The lowest BCUT2D eigenvalue weighted by Gasteiger charge is -2.26. The van der Waals surface area contributed by atoms with Crippen molar-refractivity contribution in [2.24, 2.45) is 0 Å². The van der Waals surface area contributed by atoms with Gasteiger partial charge in [-0.05, 0) is 62.2 Å². The molecular formula is C27H24N2O5. The molecular weight excluding hydrogens is 432 g/mol. The first-order valence-corrected chi connectivity index (χ1v) is 11.3. The number of amides is 1. The second-order valence-electron chi connectivity index (χ2n) is 7.96. The van der Waals surface area contributed by atoms with Crippen LogP contribution in [0.25, 0.3) is 11.0 Å². The normalized spacial score (nSPS) is 15.0. The van der Waals surface area contributed by atoms with Gasteiger partial charge in [-0.1, -0.05) is 24.3 Å². The second kappa shape index (κ2) is 8.67. The highest BCUT2D eigenvalue weighted by Gasteiger charge is 2.45. The van der Waals surface area contributed by atoms with Gasteiger partial charge < -0.3 is 13.9 Å². The zero-order valence-corrected chi connectivity index (χ0v) is 19.2. The Hall–Kier alpha value is -4.13. The number of ether oxygens (including phenoxy) is 2. The highest BCUT2D eigenvalue weighted by atomic mass is 16.5. The summed E-state index contributed by atoms with van der Waals surface area (Å²) in [6.45, 7) is 6.60. The Morgan fingerprint density at radius 2 is 1.74 bits per heavy atom. The minimum absolute atomic E-state index is 0.0330. The molecule has 0 N–H and O–H groups in total. The molecule has 0 saturated carbocycles. The monoisotopic (exact) mass is 456 g/mol. The summed E-state index contributed by atoms with van der Waals surface area (Å²) in [5, 5.41) is 0.426. The molecule has 0 radical (unpaired) electrons. The Labute approximate surface area is 196 Å². The van der Waals surface area contributed by atoms with Crippen LogP contribution in [0.3, 0.4) is 0 Å². The molecule has 1 aliphatic rings. The average molecular weight is 456 g/mol. The van der Waals surface area contributed by atoms with Crippen LogP contribution in [0.15, 0.2) is 70.0 Å². The molecule has 1 aliphatic heterocycles. The van der Waals surface area contributed by atoms with E-state index in [0.717, 1.165) is 5.56 Å². The maximum atomic E-state index is 13.7. The Bertz CT molecular complexity index is 1460. The number of pyridine rings is 1. The first kappa shape index (κ1) is 21.7. The van der Waals surface area contributed by atoms with Crippen molar-refractivity contribution < 1.29 is 18.7 Å². The van der Waals surface area contributed by atoms with Gasteiger partial charge >= 0.3 is 0 Å². The number of hydrogen-bond acceptors (Lipinski definition) is 6. The Morgan fingerprint density at radius 3 is 2.50 bits per heavy atom. The quantitative estimate of drug-likeness (QED) is 0.404. The van der Waals surface area contributed by atoms with E-state index < -0.39 is 11.9 Å². The van der Waals surface area contributed by atoms with Gasteiger partial charge in [0, 0.05) is 6.20 Å². The topological polar surface area (TPSA) is 81.9 Å². The summed E-state index contributed by atoms with van der Waals surface area (Å²) >= 11 is 0. The molecule has 0 spiro atoms. The molecule has 0 aliphatic carbocycles. The zero-order chi connectivity index (χ0) is 23.8. The number of carbonyl (C=O) groups is 1. The van der Waals surface area contributed by atoms with Crippen molar-refractivity contribution in [2.45, 2.75) is 26.8 Å². The van der Waals surface area contributed by atoms with Crippen molar-refractivity contribution >= 4 is 22.7 Å². The fraction of sp³-hybridized carbons (Fsp3) is 0.222. The predicted octanol–water partition coefficient (Wildman–Crippen LogP) is 5.04. The molecule has 2 aromatic heterocycles. The molecule has 34 heavy (non-hydrogen) atoms. The Balaban J connectivity index is 1.79. The van der Waals surface area contributed by atoms with Crippen molar-refractivity contribution in [3.8, 4) is 11.5 Å². The summed E-state index contributed by atoms with van der Waals surface area (Å²) in [4.78, 5) is 33.4. The van der Waals surface area contributed by atoms with Crippen LogP contribution in [0.2, 0.25) is 0 Å². The van der Waals surface area contributed by atoms with Crippen LogP contribution >= 0.6 is 0 Å². The molecule has 3 heterocycles. The smallest absolute Gasteiger partial charge is 0.296 e. The third kappa shape index (κ3) is 3.41. The average Bonchev–Trinajstić information content (AvgIpc) is 3.13. The summed E-state index contributed by atoms with van der Waals surface area (Å²) in [7, 11) is 0. The molecule has 7 nitrogen and oxygen atoms in total. The van der Waals surface area contributed by atoms with Gasteiger partial charge in [-0.15, -0.1) is 0 Å². The number of hydrogen-bond donors (Lipinski definition) is 0. The largest absolute Gasteiger partial charge is 0.490 e. The van der Waals surface area contributed by atoms with Crippen molar-refractivity contribution in [3.05, 3.63) is 93.5 Å². The van der Waals surface area contributed by atoms with Crippen molar-refractivity contribution in [1.29, 1.82) is 0 Å². The lowest BCUT2D eigenvalue weighted by Crippen LogP contribution is -2.31. The van der Waals surface area contributed by atoms with Crippen LogP contribution in [0.4, 0.5) is 5.82 Å². The van der Waals surface area contributed by atoms with Gasteiger partial charge in [-0.2, -0.15) is 0 Å². The van der Waals surface area contributed by atoms with Crippen molar-refractivity contribution in [1.82, 2.24) is 4.98 Å². The van der Waals surface area contributed by atoms with E-state index in [4.69, 9.17) is 13.9 Å². The molecule has 5 rings (SSSR count). The number of para-hydroxylation sites is 1. The van der Waals surface area contributed by atoms with Gasteiger partial charge in [0.25, 0.3) is 5.91 Å². The van der Waals surface area contributed by atoms with Crippen molar-refractivity contribution in [2.75, 3.05) is 18.1 Å². The number of rotatable bonds is 6. The molecule has 4 aromatic rings. The van der Waals surface area contributed by atoms with E-state index in [1.54, 1.807) is 36.5 Å². The number of aromatic nitrogens is 1. The lowest BCUT2D eigenvalue weighted by molar-refractivity contribution is 0.0970. The first-order valence-electron chi connectivity index (χ1n) is 11.3. The number of nitrogens with zero attached hydrogens (tertiary/aromatic N) is 2. The molecule has 1 atom stereocenters. The molecule has 172 valence electrons. The molecule has 0 fully saturated rings. The molecule has 1 unspecified atom stereocenters. The van der Waals surface area contributed by atoms with Gasteiger partial charge in [0.1, 0.15) is 11.4 Å². The Morgan fingerprint density at radius 1 is 0.971 bits per heavy atom. The number of aryl methyl sites for hydroxylation is 1.